The van der Waals surface area contributed by atoms with Crippen molar-refractivity contribution in [1.82, 2.24) is 10.2 Å². The summed E-state index contributed by atoms with van der Waals surface area (Å²) in [7, 11) is 1.58. The van der Waals surface area contributed by atoms with Gasteiger partial charge in [-0.25, -0.2) is 0 Å². The molecule has 5 aliphatic rings. The van der Waals surface area contributed by atoms with Crippen molar-refractivity contribution in [3.8, 4) is 5.75 Å². The van der Waals surface area contributed by atoms with Crippen LogP contribution in [0.5, 0.6) is 5.75 Å². The van der Waals surface area contributed by atoms with Crippen LogP contribution in [-0.4, -0.2) is 59.6 Å². The Morgan fingerprint density at radius 2 is 1.82 bits per heavy atom. The largest absolute Gasteiger partial charge is 0.497 e. The van der Waals surface area contributed by atoms with Crippen LogP contribution in [0.3, 0.4) is 0 Å². The average molecular weight is 522 g/mol. The van der Waals surface area contributed by atoms with Crippen LogP contribution in [0.2, 0.25) is 0 Å². The zero-order chi connectivity index (χ0) is 26.4. The van der Waals surface area contributed by atoms with Crippen molar-refractivity contribution in [3.63, 3.8) is 0 Å². The molecule has 8 nitrogen and oxygen atoms in total. The average Bonchev–Trinajstić information content (AvgIpc) is 3.58. The third-order valence-electron chi connectivity index (χ3n) is 9.61. The molecule has 38 heavy (non-hydrogen) atoms. The highest BCUT2D eigenvalue weighted by Crippen LogP contribution is 2.56. The van der Waals surface area contributed by atoms with Gasteiger partial charge in [0.2, 0.25) is 17.7 Å². The summed E-state index contributed by atoms with van der Waals surface area (Å²) in [4.78, 5) is 43.8. The van der Waals surface area contributed by atoms with Crippen LogP contribution in [0.25, 0.3) is 0 Å². The SMILES string of the molecule is COc1cccc(NC(=O)C2C3C=CC4(O3)C2C(=O)N(C2CCCCC2)C4C(=O)NC2CCCCC2C)c1. The van der Waals surface area contributed by atoms with E-state index in [4.69, 9.17) is 9.47 Å². The number of nitrogens with one attached hydrogen (secondary N) is 2. The summed E-state index contributed by atoms with van der Waals surface area (Å²) < 4.78 is 11.8. The maximum atomic E-state index is 14.2. The fourth-order valence-electron chi connectivity index (χ4n) is 7.68. The highest BCUT2D eigenvalue weighted by atomic mass is 16.5. The molecule has 7 atom stereocenters. The smallest absolute Gasteiger partial charge is 0.246 e. The fraction of sp³-hybridized carbons (Fsp3) is 0.633. The van der Waals surface area contributed by atoms with Crippen LogP contribution in [0.1, 0.15) is 64.7 Å². The number of likely N-dealkylation sites (tertiary alicyclic amines) is 1. The van der Waals surface area contributed by atoms with E-state index in [0.29, 0.717) is 17.4 Å². The van der Waals surface area contributed by atoms with Crippen molar-refractivity contribution in [3.05, 3.63) is 36.4 Å². The van der Waals surface area contributed by atoms with Crippen LogP contribution >= 0.6 is 0 Å². The molecule has 0 aromatic heterocycles. The van der Waals surface area contributed by atoms with Crippen LogP contribution in [0.15, 0.2) is 36.4 Å². The van der Waals surface area contributed by atoms with E-state index in [1.807, 2.05) is 29.2 Å². The third kappa shape index (κ3) is 4.12. The van der Waals surface area contributed by atoms with Gasteiger partial charge in [-0.3, -0.25) is 14.4 Å². The van der Waals surface area contributed by atoms with Crippen LogP contribution in [-0.2, 0) is 19.1 Å². The molecule has 204 valence electrons. The lowest BCUT2D eigenvalue weighted by atomic mass is 9.74. The Morgan fingerprint density at radius 3 is 2.58 bits per heavy atom. The number of benzene rings is 1. The molecule has 1 aromatic carbocycles. The number of carbonyl (C=O) groups is 3. The molecule has 2 saturated carbocycles. The highest BCUT2D eigenvalue weighted by Gasteiger charge is 2.73. The molecule has 2 N–H and O–H groups in total. The van der Waals surface area contributed by atoms with Crippen LogP contribution in [0.4, 0.5) is 5.69 Å². The van der Waals surface area contributed by atoms with Crippen molar-refractivity contribution < 1.29 is 23.9 Å². The summed E-state index contributed by atoms with van der Waals surface area (Å²) in [6.45, 7) is 2.19. The Hall–Kier alpha value is -2.87. The first-order valence-corrected chi connectivity index (χ1v) is 14.4. The van der Waals surface area contributed by atoms with E-state index < -0.39 is 29.6 Å². The second-order valence-electron chi connectivity index (χ2n) is 11.8. The van der Waals surface area contributed by atoms with Gasteiger partial charge >= 0.3 is 0 Å². The number of hydrogen-bond donors (Lipinski definition) is 2. The Morgan fingerprint density at radius 1 is 1.05 bits per heavy atom. The van der Waals surface area contributed by atoms with Crippen molar-refractivity contribution in [1.29, 1.82) is 0 Å². The first-order chi connectivity index (χ1) is 18.4. The van der Waals surface area contributed by atoms with Crippen LogP contribution in [0, 0.1) is 17.8 Å². The number of anilines is 1. The minimum Gasteiger partial charge on any atom is -0.497 e. The van der Waals surface area contributed by atoms with Crippen molar-refractivity contribution >= 4 is 23.4 Å². The number of carbonyl (C=O) groups excluding carboxylic acids is 3. The summed E-state index contributed by atoms with van der Waals surface area (Å²) in [5.74, 6) is -0.897. The molecule has 1 aromatic rings. The second-order valence-corrected chi connectivity index (χ2v) is 11.8. The van der Waals surface area contributed by atoms with Gasteiger partial charge < -0.3 is 25.0 Å². The van der Waals surface area contributed by atoms with E-state index in [0.717, 1.165) is 51.4 Å². The van der Waals surface area contributed by atoms with Gasteiger partial charge in [0.15, 0.2) is 0 Å². The zero-order valence-corrected chi connectivity index (χ0v) is 22.4. The number of rotatable bonds is 6. The Balaban J connectivity index is 1.31. The number of methoxy groups -OCH3 is 1. The molecule has 8 heteroatoms. The van der Waals surface area contributed by atoms with Gasteiger partial charge in [0.25, 0.3) is 0 Å². The van der Waals surface area contributed by atoms with Gasteiger partial charge in [-0.2, -0.15) is 0 Å². The van der Waals surface area contributed by atoms with Crippen molar-refractivity contribution in [2.75, 3.05) is 12.4 Å². The van der Waals surface area contributed by atoms with E-state index >= 15 is 0 Å². The standard InChI is InChI=1S/C30H39N3O5/c1-18-9-6-7-14-22(18)32-28(35)26-30-16-15-23(38-30)24(27(34)31-19-10-8-13-21(17-19)37-2)25(30)29(36)33(26)20-11-4-3-5-12-20/h8,10,13,15-18,20,22-26H,3-7,9,11-12,14H2,1-2H3,(H,31,34)(H,32,35). The molecule has 2 aliphatic carbocycles. The summed E-state index contributed by atoms with van der Waals surface area (Å²) in [6.07, 6.45) is 12.6. The van der Waals surface area contributed by atoms with Gasteiger partial charge in [0, 0.05) is 23.8 Å². The van der Waals surface area contributed by atoms with E-state index in [9.17, 15) is 14.4 Å². The van der Waals surface area contributed by atoms with Crippen LogP contribution < -0.4 is 15.4 Å². The van der Waals surface area contributed by atoms with Gasteiger partial charge in [-0.15, -0.1) is 0 Å². The molecule has 2 saturated heterocycles. The maximum Gasteiger partial charge on any atom is 0.246 e. The van der Waals surface area contributed by atoms with E-state index in [1.54, 1.807) is 19.2 Å². The molecular weight excluding hydrogens is 482 g/mol. The molecule has 6 rings (SSSR count). The number of ether oxygens (including phenoxy) is 2. The molecule has 3 amide bonds. The van der Waals surface area contributed by atoms with Crippen molar-refractivity contribution in [2.24, 2.45) is 17.8 Å². The van der Waals surface area contributed by atoms with Gasteiger partial charge in [0.1, 0.15) is 17.4 Å². The predicted octanol–water partition coefficient (Wildman–Crippen LogP) is 3.81. The molecule has 2 bridgehead atoms. The first-order valence-electron chi connectivity index (χ1n) is 14.4. The predicted molar refractivity (Wildman–Crippen MR) is 142 cm³/mol. The Labute approximate surface area is 224 Å². The third-order valence-corrected chi connectivity index (χ3v) is 9.61. The monoisotopic (exact) mass is 521 g/mol. The summed E-state index contributed by atoms with van der Waals surface area (Å²) in [5.41, 5.74) is -0.511. The molecule has 4 fully saturated rings. The normalized spacial score (nSPS) is 36.3. The minimum atomic E-state index is -1.11. The quantitative estimate of drug-likeness (QED) is 0.555. The fourth-order valence-corrected chi connectivity index (χ4v) is 7.68. The molecule has 1 spiro atoms. The Kier molecular flexibility index (Phi) is 6.70. The lowest BCUT2D eigenvalue weighted by molar-refractivity contribution is -0.145. The van der Waals surface area contributed by atoms with E-state index in [-0.39, 0.29) is 29.8 Å². The molecule has 3 aliphatic heterocycles. The van der Waals surface area contributed by atoms with Gasteiger partial charge in [-0.05, 0) is 43.7 Å². The second kappa shape index (κ2) is 10.0. The van der Waals surface area contributed by atoms with Crippen molar-refractivity contribution in [2.45, 2.75) is 94.5 Å². The highest BCUT2D eigenvalue weighted by molar-refractivity contribution is 6.03. The molecule has 0 radical (unpaired) electrons. The molecular formula is C30H39N3O5. The van der Waals surface area contributed by atoms with E-state index in [2.05, 4.69) is 17.6 Å². The summed E-state index contributed by atoms with van der Waals surface area (Å²) in [5, 5.41) is 6.30. The minimum absolute atomic E-state index is 0.00565. The lowest BCUT2D eigenvalue weighted by Crippen LogP contribution is -2.59. The summed E-state index contributed by atoms with van der Waals surface area (Å²) >= 11 is 0. The lowest BCUT2D eigenvalue weighted by Gasteiger charge is -2.40. The van der Waals surface area contributed by atoms with E-state index in [1.165, 1.54) is 6.42 Å². The maximum absolute atomic E-state index is 14.2. The summed E-state index contributed by atoms with van der Waals surface area (Å²) in [6, 6.07) is 6.51. The Bertz CT molecular complexity index is 1130. The number of amides is 3. The first kappa shape index (κ1) is 25.4. The number of fused-ring (bicyclic) bond motifs is 1. The van der Waals surface area contributed by atoms with Gasteiger partial charge in [-0.1, -0.05) is 57.2 Å². The topological polar surface area (TPSA) is 97.0 Å². The molecule has 7 unspecified atom stereocenters. The zero-order valence-electron chi connectivity index (χ0n) is 22.4. The molecule has 3 heterocycles. The number of nitrogens with zero attached hydrogens (tertiary/aromatic N) is 1. The van der Waals surface area contributed by atoms with Gasteiger partial charge in [0.05, 0.1) is 25.0 Å². The number of hydrogen-bond acceptors (Lipinski definition) is 5.